The van der Waals surface area contributed by atoms with Crippen molar-refractivity contribution in [3.63, 3.8) is 0 Å². The molecule has 0 amide bonds. The third kappa shape index (κ3) is 2.90. The minimum absolute atomic E-state index is 0.105. The molecule has 23 heavy (non-hydrogen) atoms. The Morgan fingerprint density at radius 1 is 1.00 bits per heavy atom. The maximum Gasteiger partial charge on any atom is 0.202 e. The van der Waals surface area contributed by atoms with Crippen molar-refractivity contribution in [1.82, 2.24) is 0 Å². The van der Waals surface area contributed by atoms with Gasteiger partial charge in [0.25, 0.3) is 0 Å². The van der Waals surface area contributed by atoms with Crippen molar-refractivity contribution in [2.45, 2.75) is 18.3 Å². The smallest absolute Gasteiger partial charge is 0.202 e. The third-order valence-electron chi connectivity index (χ3n) is 3.50. The predicted molar refractivity (Wildman–Crippen MR) is 101 cm³/mol. The lowest BCUT2D eigenvalue weighted by molar-refractivity contribution is 0.546. The Kier molecular flexibility index (Phi) is 5.53. The summed E-state index contributed by atoms with van der Waals surface area (Å²) in [5.41, 5.74) is 0.596. The molecule has 1 aliphatic rings. The second-order valence-electron chi connectivity index (χ2n) is 5.03. The number of benzene rings is 1. The SMILES string of the molecule is CS(=O)(=O)C1(Cl)C(Cl)C(Cl)(Cl)C(c2ccccc2)=C(Cl)C1(Cl)Cl. The van der Waals surface area contributed by atoms with Crippen LogP contribution in [0.4, 0.5) is 0 Å². The Morgan fingerprint density at radius 2 is 1.48 bits per heavy atom. The lowest BCUT2D eigenvalue weighted by atomic mass is 9.90. The molecule has 0 spiro atoms. The average Bonchev–Trinajstić information content (AvgIpc) is 2.44. The molecule has 1 aliphatic carbocycles. The molecule has 0 fully saturated rings. The highest BCUT2D eigenvalue weighted by molar-refractivity contribution is 7.93. The zero-order valence-electron chi connectivity index (χ0n) is 11.3. The second kappa shape index (κ2) is 6.28. The maximum atomic E-state index is 12.2. The summed E-state index contributed by atoms with van der Waals surface area (Å²) in [5, 5.41) is -1.88. The third-order valence-corrected chi connectivity index (χ3v) is 10.5. The summed E-state index contributed by atoms with van der Waals surface area (Å²) in [7, 11) is -4.11. The standard InChI is InChI=1S/C13H9Cl7O2S/c1-23(21,22)13(20)10(15)11(16,17)8(9(14)12(13,18)19)7-5-3-2-4-6-7/h2-6,10H,1H3. The minimum Gasteiger partial charge on any atom is -0.227 e. The molecule has 0 radical (unpaired) electrons. The first-order valence-electron chi connectivity index (χ1n) is 6.04. The number of hydrogen-bond acceptors (Lipinski definition) is 2. The summed E-state index contributed by atoms with van der Waals surface area (Å²) in [6, 6.07) is 8.50. The first-order valence-corrected chi connectivity index (χ1v) is 10.6. The number of sulfone groups is 1. The predicted octanol–water partition coefficient (Wildman–Crippen LogP) is 5.59. The van der Waals surface area contributed by atoms with E-state index in [1.165, 1.54) is 0 Å². The molecule has 0 N–H and O–H groups in total. The lowest BCUT2D eigenvalue weighted by Gasteiger charge is -2.49. The largest absolute Gasteiger partial charge is 0.227 e. The van der Waals surface area contributed by atoms with Crippen LogP contribution < -0.4 is 0 Å². The van der Waals surface area contributed by atoms with Gasteiger partial charge in [0.1, 0.15) is 5.38 Å². The fourth-order valence-electron chi connectivity index (χ4n) is 2.32. The molecule has 2 atom stereocenters. The molecule has 2 unspecified atom stereocenters. The molecular weight excluding hydrogens is 468 g/mol. The Balaban J connectivity index is 2.89. The fraction of sp³-hybridized carbons (Fsp3) is 0.385. The molecule has 2 rings (SSSR count). The average molecular weight is 477 g/mol. The summed E-state index contributed by atoms with van der Waals surface area (Å²) in [6.07, 6.45) is 0.830. The summed E-state index contributed by atoms with van der Waals surface area (Å²) in [4.78, 5) is 0. The van der Waals surface area contributed by atoms with Crippen LogP contribution in [0, 0.1) is 0 Å². The second-order valence-corrected chi connectivity index (χ2v) is 11.6. The van der Waals surface area contributed by atoms with E-state index in [2.05, 4.69) is 0 Å². The van der Waals surface area contributed by atoms with Crippen LogP contribution >= 0.6 is 81.2 Å². The van der Waals surface area contributed by atoms with Crippen LogP contribution in [0.15, 0.2) is 35.4 Å². The van der Waals surface area contributed by atoms with Crippen molar-refractivity contribution in [3.8, 4) is 0 Å². The van der Waals surface area contributed by atoms with Crippen molar-refractivity contribution in [2.24, 2.45) is 0 Å². The molecule has 0 bridgehead atoms. The fourth-order valence-corrected chi connectivity index (χ4v) is 7.40. The van der Waals surface area contributed by atoms with E-state index in [-0.39, 0.29) is 10.6 Å². The molecule has 0 aromatic heterocycles. The molecule has 0 aliphatic heterocycles. The molecule has 10 heteroatoms. The van der Waals surface area contributed by atoms with Crippen molar-refractivity contribution in [1.29, 1.82) is 0 Å². The summed E-state index contributed by atoms with van der Waals surface area (Å²) in [5.74, 6) is 0. The molecule has 0 saturated carbocycles. The number of halogens is 7. The van der Waals surface area contributed by atoms with Gasteiger partial charge in [-0.25, -0.2) is 8.42 Å². The Labute approximate surface area is 169 Å². The van der Waals surface area contributed by atoms with Crippen LogP contribution in [-0.4, -0.2) is 32.9 Å². The molecular formula is C13H9Cl7O2S. The summed E-state index contributed by atoms with van der Waals surface area (Å²) < 4.78 is 17.8. The highest BCUT2D eigenvalue weighted by Crippen LogP contribution is 2.64. The zero-order valence-corrected chi connectivity index (χ0v) is 17.4. The monoisotopic (exact) mass is 474 g/mol. The zero-order chi connectivity index (χ0) is 17.8. The van der Waals surface area contributed by atoms with Crippen LogP contribution in [0.25, 0.3) is 5.57 Å². The Morgan fingerprint density at radius 3 is 1.91 bits per heavy atom. The first kappa shape index (κ1) is 20.3. The van der Waals surface area contributed by atoms with Gasteiger partial charge in [-0.3, -0.25) is 0 Å². The molecule has 1 aromatic rings. The van der Waals surface area contributed by atoms with Gasteiger partial charge in [-0.05, 0) is 5.56 Å². The van der Waals surface area contributed by atoms with Crippen molar-refractivity contribution >= 4 is 96.6 Å². The van der Waals surface area contributed by atoms with E-state index in [9.17, 15) is 8.42 Å². The van der Waals surface area contributed by atoms with Crippen molar-refractivity contribution < 1.29 is 8.42 Å². The maximum absolute atomic E-state index is 12.2. The van der Waals surface area contributed by atoms with Gasteiger partial charge in [0.05, 0.1) is 5.03 Å². The van der Waals surface area contributed by atoms with E-state index in [0.717, 1.165) is 6.26 Å². The van der Waals surface area contributed by atoms with Crippen LogP contribution in [0.1, 0.15) is 5.56 Å². The number of hydrogen-bond donors (Lipinski definition) is 0. The van der Waals surface area contributed by atoms with Gasteiger partial charge >= 0.3 is 0 Å². The summed E-state index contributed by atoms with van der Waals surface area (Å²) >= 11 is 44.0. The molecule has 1 aromatic carbocycles. The van der Waals surface area contributed by atoms with E-state index in [1.54, 1.807) is 30.3 Å². The normalized spacial score (nSPS) is 30.3. The van der Waals surface area contributed by atoms with E-state index < -0.39 is 28.1 Å². The molecule has 128 valence electrons. The van der Waals surface area contributed by atoms with Crippen LogP contribution in [0.3, 0.4) is 0 Å². The molecule has 2 nitrogen and oxygen atoms in total. The van der Waals surface area contributed by atoms with Crippen LogP contribution in [-0.2, 0) is 9.84 Å². The number of alkyl halides is 6. The van der Waals surface area contributed by atoms with Gasteiger partial charge in [-0.1, -0.05) is 99.9 Å². The topological polar surface area (TPSA) is 34.1 Å². The molecule has 0 heterocycles. The number of rotatable bonds is 2. The van der Waals surface area contributed by atoms with E-state index in [0.29, 0.717) is 5.56 Å². The highest BCUT2D eigenvalue weighted by Gasteiger charge is 2.71. The lowest BCUT2D eigenvalue weighted by Crippen LogP contribution is -2.62. The van der Waals surface area contributed by atoms with E-state index in [1.807, 2.05) is 0 Å². The van der Waals surface area contributed by atoms with Gasteiger partial charge in [0, 0.05) is 11.8 Å². The summed E-state index contributed by atoms with van der Waals surface area (Å²) in [6.45, 7) is 0. The van der Waals surface area contributed by atoms with Crippen molar-refractivity contribution in [2.75, 3.05) is 6.26 Å². The van der Waals surface area contributed by atoms with Crippen LogP contribution in [0.2, 0.25) is 0 Å². The minimum atomic E-state index is -4.11. The van der Waals surface area contributed by atoms with Crippen molar-refractivity contribution in [3.05, 3.63) is 40.9 Å². The van der Waals surface area contributed by atoms with Gasteiger partial charge in [-0.15, -0.1) is 11.6 Å². The quantitative estimate of drug-likeness (QED) is 0.521. The highest BCUT2D eigenvalue weighted by atomic mass is 35.5. The van der Waals surface area contributed by atoms with E-state index in [4.69, 9.17) is 81.2 Å². The van der Waals surface area contributed by atoms with Gasteiger partial charge < -0.3 is 0 Å². The Bertz CT molecular complexity index is 758. The molecule has 0 saturated heterocycles. The Hall–Kier alpha value is 0.940. The van der Waals surface area contributed by atoms with E-state index >= 15 is 0 Å². The first-order chi connectivity index (χ1) is 10.3. The van der Waals surface area contributed by atoms with Gasteiger partial charge in [-0.2, -0.15) is 0 Å². The van der Waals surface area contributed by atoms with Gasteiger partial charge in [0.2, 0.25) is 4.21 Å². The van der Waals surface area contributed by atoms with Gasteiger partial charge in [0.15, 0.2) is 18.5 Å². The van der Waals surface area contributed by atoms with Crippen LogP contribution in [0.5, 0.6) is 0 Å². The number of allylic oxidation sites excluding steroid dienone is 2.